The van der Waals surface area contributed by atoms with Crippen molar-refractivity contribution in [1.82, 2.24) is 10.2 Å². The average Bonchev–Trinajstić information content (AvgIpc) is 3.02. The maximum absolute atomic E-state index is 12.1. The molecule has 6 nitrogen and oxygen atoms in total. The van der Waals surface area contributed by atoms with Gasteiger partial charge in [0.25, 0.3) is 5.91 Å². The van der Waals surface area contributed by atoms with Crippen LogP contribution in [0, 0.1) is 5.92 Å². The number of benzene rings is 1. The number of nitrogens with one attached hydrogen (secondary N) is 1. The first-order valence-corrected chi connectivity index (χ1v) is 8.08. The third kappa shape index (κ3) is 4.34. The van der Waals surface area contributed by atoms with E-state index in [0.717, 1.165) is 5.56 Å². The first-order valence-electron chi connectivity index (χ1n) is 8.08. The van der Waals surface area contributed by atoms with Crippen molar-refractivity contribution in [2.24, 2.45) is 5.92 Å². The van der Waals surface area contributed by atoms with Gasteiger partial charge in [0.1, 0.15) is 0 Å². The summed E-state index contributed by atoms with van der Waals surface area (Å²) >= 11 is 0. The monoisotopic (exact) mass is 332 g/mol. The first-order chi connectivity index (χ1) is 11.2. The third-order valence-corrected chi connectivity index (χ3v) is 4.30. The minimum Gasteiger partial charge on any atom is -0.481 e. The molecule has 1 heterocycles. The highest BCUT2D eigenvalue weighted by atomic mass is 16.4. The lowest BCUT2D eigenvalue weighted by Gasteiger charge is -2.19. The van der Waals surface area contributed by atoms with Crippen LogP contribution in [0.15, 0.2) is 24.3 Å². The van der Waals surface area contributed by atoms with Crippen molar-refractivity contribution in [2.75, 3.05) is 19.6 Å². The van der Waals surface area contributed by atoms with E-state index in [1.807, 2.05) is 12.1 Å². The Kier molecular flexibility index (Phi) is 5.26. The average molecular weight is 332 g/mol. The van der Waals surface area contributed by atoms with Gasteiger partial charge < -0.3 is 15.3 Å². The number of aliphatic carboxylic acids is 1. The zero-order valence-electron chi connectivity index (χ0n) is 14.3. The Labute approximate surface area is 141 Å². The number of carboxylic acid groups (broad SMARTS) is 1. The summed E-state index contributed by atoms with van der Waals surface area (Å²) in [5.74, 6) is -1.95. The van der Waals surface area contributed by atoms with Crippen LogP contribution in [0.2, 0.25) is 0 Å². The molecule has 0 saturated carbocycles. The number of hydrogen-bond donors (Lipinski definition) is 2. The van der Waals surface area contributed by atoms with Crippen molar-refractivity contribution in [3.8, 4) is 0 Å². The Balaban J connectivity index is 1.87. The molecule has 1 aromatic carbocycles. The molecule has 0 spiro atoms. The summed E-state index contributed by atoms with van der Waals surface area (Å²) in [6, 6.07) is 7.32. The van der Waals surface area contributed by atoms with E-state index in [4.69, 9.17) is 5.11 Å². The van der Waals surface area contributed by atoms with Crippen molar-refractivity contribution in [2.45, 2.75) is 32.6 Å². The van der Waals surface area contributed by atoms with Crippen molar-refractivity contribution < 1.29 is 19.5 Å². The summed E-state index contributed by atoms with van der Waals surface area (Å²) in [6.07, 6.45) is 0.462. The maximum atomic E-state index is 12.1. The van der Waals surface area contributed by atoms with E-state index in [1.54, 1.807) is 12.1 Å². The Morgan fingerprint density at radius 1 is 1.21 bits per heavy atom. The van der Waals surface area contributed by atoms with Gasteiger partial charge in [0.2, 0.25) is 5.91 Å². The van der Waals surface area contributed by atoms with Gasteiger partial charge in [-0.05, 0) is 29.5 Å². The highest BCUT2D eigenvalue weighted by Gasteiger charge is 2.30. The molecule has 0 aliphatic carbocycles. The second-order valence-electron chi connectivity index (χ2n) is 7.17. The van der Waals surface area contributed by atoms with Crippen molar-refractivity contribution in [3.63, 3.8) is 0 Å². The minimum absolute atomic E-state index is 0.0153. The van der Waals surface area contributed by atoms with Crippen LogP contribution in [0.4, 0.5) is 0 Å². The van der Waals surface area contributed by atoms with Gasteiger partial charge in [-0.3, -0.25) is 14.4 Å². The molecule has 1 unspecified atom stereocenters. The van der Waals surface area contributed by atoms with Crippen LogP contribution >= 0.6 is 0 Å². The number of hydrogen-bond acceptors (Lipinski definition) is 3. The van der Waals surface area contributed by atoms with Crippen LogP contribution < -0.4 is 5.32 Å². The van der Waals surface area contributed by atoms with Crippen molar-refractivity contribution in [1.29, 1.82) is 0 Å². The van der Waals surface area contributed by atoms with Gasteiger partial charge >= 0.3 is 5.97 Å². The van der Waals surface area contributed by atoms with Crippen LogP contribution in [-0.2, 0) is 15.0 Å². The van der Waals surface area contributed by atoms with Gasteiger partial charge in [-0.2, -0.15) is 0 Å². The summed E-state index contributed by atoms with van der Waals surface area (Å²) in [5.41, 5.74) is 1.65. The van der Waals surface area contributed by atoms with Crippen LogP contribution in [-0.4, -0.2) is 47.4 Å². The number of carboxylic acids is 1. The Bertz CT molecular complexity index is 631. The molecular formula is C18H24N2O4. The molecule has 0 radical (unpaired) electrons. The van der Waals surface area contributed by atoms with Gasteiger partial charge in [-0.25, -0.2) is 0 Å². The molecule has 1 aromatic rings. The summed E-state index contributed by atoms with van der Waals surface area (Å²) in [5, 5.41) is 11.6. The fourth-order valence-corrected chi connectivity index (χ4v) is 2.68. The molecule has 1 fully saturated rings. The standard InChI is InChI=1S/C18H24N2O4/c1-18(2,3)14-6-4-12(5-7-14)16(22)19-10-15(21)20-9-8-13(11-20)17(23)24/h4-7,13H,8-11H2,1-3H3,(H,19,22)(H,23,24). The van der Waals surface area contributed by atoms with Crippen LogP contribution in [0.3, 0.4) is 0 Å². The Morgan fingerprint density at radius 3 is 2.33 bits per heavy atom. The molecule has 6 heteroatoms. The predicted molar refractivity (Wildman–Crippen MR) is 89.8 cm³/mol. The summed E-state index contributed by atoms with van der Waals surface area (Å²) in [6.45, 7) is 6.81. The first kappa shape index (κ1) is 18.0. The van der Waals surface area contributed by atoms with Crippen LogP contribution in [0.5, 0.6) is 0 Å². The van der Waals surface area contributed by atoms with Gasteiger partial charge in [-0.15, -0.1) is 0 Å². The lowest BCUT2D eigenvalue weighted by molar-refractivity contribution is -0.141. The van der Waals surface area contributed by atoms with Crippen molar-refractivity contribution >= 4 is 17.8 Å². The summed E-state index contributed by atoms with van der Waals surface area (Å²) in [4.78, 5) is 36.6. The molecule has 2 amide bonds. The minimum atomic E-state index is -0.881. The second-order valence-corrected chi connectivity index (χ2v) is 7.17. The molecule has 2 N–H and O–H groups in total. The molecule has 130 valence electrons. The second kappa shape index (κ2) is 7.03. The highest BCUT2D eigenvalue weighted by molar-refractivity contribution is 5.96. The maximum Gasteiger partial charge on any atom is 0.308 e. The number of nitrogens with zero attached hydrogens (tertiary/aromatic N) is 1. The largest absolute Gasteiger partial charge is 0.481 e. The lowest BCUT2D eigenvalue weighted by atomic mass is 9.87. The Hall–Kier alpha value is -2.37. The van der Waals surface area contributed by atoms with Gasteiger partial charge in [0.15, 0.2) is 0 Å². The summed E-state index contributed by atoms with van der Waals surface area (Å²) in [7, 11) is 0. The molecule has 0 bridgehead atoms. The smallest absolute Gasteiger partial charge is 0.308 e. The highest BCUT2D eigenvalue weighted by Crippen LogP contribution is 2.22. The molecule has 0 aromatic heterocycles. The van der Waals surface area contributed by atoms with E-state index >= 15 is 0 Å². The van der Waals surface area contributed by atoms with E-state index in [2.05, 4.69) is 26.1 Å². The van der Waals surface area contributed by atoms with Crippen molar-refractivity contribution in [3.05, 3.63) is 35.4 Å². The quantitative estimate of drug-likeness (QED) is 0.878. The Morgan fingerprint density at radius 2 is 1.83 bits per heavy atom. The number of likely N-dealkylation sites (tertiary alicyclic amines) is 1. The molecule has 24 heavy (non-hydrogen) atoms. The van der Waals surface area contributed by atoms with E-state index in [9.17, 15) is 14.4 Å². The van der Waals surface area contributed by atoms with E-state index < -0.39 is 11.9 Å². The SMILES string of the molecule is CC(C)(C)c1ccc(C(=O)NCC(=O)N2CCC(C(=O)O)C2)cc1. The molecule has 1 saturated heterocycles. The zero-order valence-corrected chi connectivity index (χ0v) is 14.3. The van der Waals surface area contributed by atoms with Gasteiger partial charge in [0, 0.05) is 18.7 Å². The summed E-state index contributed by atoms with van der Waals surface area (Å²) < 4.78 is 0. The number of rotatable bonds is 4. The normalized spacial score (nSPS) is 17.6. The fourth-order valence-electron chi connectivity index (χ4n) is 2.68. The molecular weight excluding hydrogens is 308 g/mol. The molecule has 1 aliphatic heterocycles. The van der Waals surface area contributed by atoms with Crippen LogP contribution in [0.25, 0.3) is 0 Å². The predicted octanol–water partition coefficient (Wildman–Crippen LogP) is 1.65. The molecule has 1 aliphatic rings. The molecule has 1 atom stereocenters. The van der Waals surface area contributed by atoms with Crippen LogP contribution in [0.1, 0.15) is 43.1 Å². The van der Waals surface area contributed by atoms with Gasteiger partial charge in [-0.1, -0.05) is 32.9 Å². The zero-order chi connectivity index (χ0) is 17.9. The van der Waals surface area contributed by atoms with Gasteiger partial charge in [0.05, 0.1) is 12.5 Å². The van der Waals surface area contributed by atoms with E-state index in [1.165, 1.54) is 4.90 Å². The van der Waals surface area contributed by atoms with E-state index in [-0.39, 0.29) is 30.3 Å². The number of carbonyl (C=O) groups is 3. The molecule has 2 rings (SSSR count). The topological polar surface area (TPSA) is 86.7 Å². The third-order valence-electron chi connectivity index (χ3n) is 4.30. The number of carbonyl (C=O) groups excluding carboxylic acids is 2. The fraction of sp³-hybridized carbons (Fsp3) is 0.500. The lowest BCUT2D eigenvalue weighted by Crippen LogP contribution is -2.39. The number of amides is 2. The van der Waals surface area contributed by atoms with E-state index in [0.29, 0.717) is 18.5 Å².